The molecule has 0 aliphatic carbocycles. The van der Waals surface area contributed by atoms with Crippen molar-refractivity contribution in [2.24, 2.45) is 0 Å². The predicted molar refractivity (Wildman–Crippen MR) is 92.0 cm³/mol. The molecule has 0 bridgehead atoms. The standard InChI is InChI=1S/C16H13BrClN3/c1-21(2)12-5-3-4-10(8-12)16-19-14-7-6-11(17)9-13(14)15(18)20-16/h3-9H,1-2H3. The first-order valence-electron chi connectivity index (χ1n) is 6.45. The summed E-state index contributed by atoms with van der Waals surface area (Å²) in [6, 6.07) is 13.9. The number of anilines is 1. The molecule has 0 atom stereocenters. The molecule has 0 fully saturated rings. The second-order valence-electron chi connectivity index (χ2n) is 4.94. The van der Waals surface area contributed by atoms with E-state index in [1.54, 1.807) is 0 Å². The van der Waals surface area contributed by atoms with Crippen LogP contribution in [0.25, 0.3) is 22.3 Å². The van der Waals surface area contributed by atoms with E-state index in [1.807, 2.05) is 55.4 Å². The summed E-state index contributed by atoms with van der Waals surface area (Å²) in [7, 11) is 4.01. The van der Waals surface area contributed by atoms with Crippen LogP contribution in [0, 0.1) is 0 Å². The van der Waals surface area contributed by atoms with Crippen molar-refractivity contribution in [3.63, 3.8) is 0 Å². The SMILES string of the molecule is CN(C)c1cccc(-c2nc(Cl)c3cc(Br)ccc3n2)c1. The van der Waals surface area contributed by atoms with Crippen molar-refractivity contribution in [2.45, 2.75) is 0 Å². The van der Waals surface area contributed by atoms with E-state index >= 15 is 0 Å². The van der Waals surface area contributed by atoms with E-state index in [2.05, 4.69) is 32.0 Å². The quantitative estimate of drug-likeness (QED) is 0.614. The number of aromatic nitrogens is 2. The number of benzene rings is 2. The fourth-order valence-electron chi connectivity index (χ4n) is 2.12. The molecule has 3 aromatic rings. The monoisotopic (exact) mass is 361 g/mol. The van der Waals surface area contributed by atoms with Crippen LogP contribution in [0.15, 0.2) is 46.9 Å². The van der Waals surface area contributed by atoms with E-state index in [9.17, 15) is 0 Å². The summed E-state index contributed by atoms with van der Waals surface area (Å²) < 4.78 is 0.961. The number of hydrogen-bond donors (Lipinski definition) is 0. The molecule has 21 heavy (non-hydrogen) atoms. The van der Waals surface area contributed by atoms with Crippen LogP contribution in [-0.2, 0) is 0 Å². The summed E-state index contributed by atoms with van der Waals surface area (Å²) in [5.41, 5.74) is 2.89. The van der Waals surface area contributed by atoms with Crippen molar-refractivity contribution in [1.82, 2.24) is 9.97 Å². The third-order valence-electron chi connectivity index (χ3n) is 3.23. The lowest BCUT2D eigenvalue weighted by Crippen LogP contribution is -2.08. The van der Waals surface area contributed by atoms with Crippen LogP contribution in [0.1, 0.15) is 0 Å². The molecule has 106 valence electrons. The van der Waals surface area contributed by atoms with Gasteiger partial charge < -0.3 is 4.90 Å². The van der Waals surface area contributed by atoms with E-state index in [-0.39, 0.29) is 0 Å². The van der Waals surface area contributed by atoms with Crippen LogP contribution < -0.4 is 4.90 Å². The molecule has 0 N–H and O–H groups in total. The molecule has 0 saturated carbocycles. The molecule has 0 unspecified atom stereocenters. The molecule has 1 heterocycles. The van der Waals surface area contributed by atoms with Crippen molar-refractivity contribution in [2.75, 3.05) is 19.0 Å². The zero-order valence-electron chi connectivity index (χ0n) is 11.6. The van der Waals surface area contributed by atoms with E-state index < -0.39 is 0 Å². The fraction of sp³-hybridized carbons (Fsp3) is 0.125. The third kappa shape index (κ3) is 2.87. The van der Waals surface area contributed by atoms with Gasteiger partial charge in [-0.05, 0) is 30.3 Å². The summed E-state index contributed by atoms with van der Waals surface area (Å²) in [6.45, 7) is 0. The Kier molecular flexibility index (Phi) is 3.83. The van der Waals surface area contributed by atoms with Gasteiger partial charge >= 0.3 is 0 Å². The molecule has 0 saturated heterocycles. The van der Waals surface area contributed by atoms with Gasteiger partial charge in [0.2, 0.25) is 0 Å². The lowest BCUT2D eigenvalue weighted by Gasteiger charge is -2.13. The molecule has 1 aromatic heterocycles. The van der Waals surface area contributed by atoms with Crippen LogP contribution in [0.2, 0.25) is 5.15 Å². The van der Waals surface area contributed by atoms with Crippen LogP contribution in [0.3, 0.4) is 0 Å². The molecule has 2 aromatic carbocycles. The molecule has 0 radical (unpaired) electrons. The Hall–Kier alpha value is -1.65. The van der Waals surface area contributed by atoms with Gasteiger partial charge in [0.15, 0.2) is 5.82 Å². The highest BCUT2D eigenvalue weighted by Gasteiger charge is 2.09. The zero-order valence-corrected chi connectivity index (χ0v) is 14.0. The predicted octanol–water partition coefficient (Wildman–Crippen LogP) is 4.78. The van der Waals surface area contributed by atoms with Crippen LogP contribution in [0.5, 0.6) is 0 Å². The number of rotatable bonds is 2. The van der Waals surface area contributed by atoms with Crippen molar-refractivity contribution >= 4 is 44.1 Å². The van der Waals surface area contributed by atoms with Gasteiger partial charge in [0.05, 0.1) is 5.52 Å². The highest BCUT2D eigenvalue weighted by Crippen LogP contribution is 2.28. The first-order chi connectivity index (χ1) is 10.0. The highest BCUT2D eigenvalue weighted by molar-refractivity contribution is 9.10. The lowest BCUT2D eigenvalue weighted by molar-refractivity contribution is 1.13. The largest absolute Gasteiger partial charge is 0.378 e. The van der Waals surface area contributed by atoms with Crippen LogP contribution in [-0.4, -0.2) is 24.1 Å². The molecular weight excluding hydrogens is 350 g/mol. The van der Waals surface area contributed by atoms with E-state index in [4.69, 9.17) is 11.6 Å². The second kappa shape index (κ2) is 5.62. The summed E-state index contributed by atoms with van der Waals surface area (Å²) in [5.74, 6) is 0.638. The Balaban J connectivity index is 2.17. The van der Waals surface area contributed by atoms with E-state index in [0.717, 1.165) is 26.6 Å². The van der Waals surface area contributed by atoms with E-state index in [1.165, 1.54) is 0 Å². The molecule has 3 rings (SSSR count). The van der Waals surface area contributed by atoms with Crippen LogP contribution >= 0.6 is 27.5 Å². The highest BCUT2D eigenvalue weighted by atomic mass is 79.9. The Labute approximate surface area is 136 Å². The van der Waals surface area contributed by atoms with Crippen molar-refractivity contribution in [3.8, 4) is 11.4 Å². The Morgan fingerprint density at radius 3 is 2.62 bits per heavy atom. The van der Waals surface area contributed by atoms with Gasteiger partial charge in [0.1, 0.15) is 5.15 Å². The molecule has 0 spiro atoms. The second-order valence-corrected chi connectivity index (χ2v) is 6.22. The minimum Gasteiger partial charge on any atom is -0.378 e. The molecule has 0 aliphatic rings. The third-order valence-corrected chi connectivity index (χ3v) is 4.01. The van der Waals surface area contributed by atoms with Gasteiger partial charge in [-0.15, -0.1) is 0 Å². The average molecular weight is 363 g/mol. The lowest BCUT2D eigenvalue weighted by atomic mass is 10.1. The smallest absolute Gasteiger partial charge is 0.161 e. The Morgan fingerprint density at radius 2 is 1.86 bits per heavy atom. The zero-order chi connectivity index (χ0) is 15.0. The average Bonchev–Trinajstić information content (AvgIpc) is 2.48. The van der Waals surface area contributed by atoms with Crippen molar-refractivity contribution < 1.29 is 0 Å². The maximum absolute atomic E-state index is 6.30. The minimum absolute atomic E-state index is 0.464. The summed E-state index contributed by atoms with van der Waals surface area (Å²) in [6.07, 6.45) is 0. The van der Waals surface area contributed by atoms with Gasteiger partial charge in [0, 0.05) is 35.2 Å². The van der Waals surface area contributed by atoms with Gasteiger partial charge in [0.25, 0.3) is 0 Å². The topological polar surface area (TPSA) is 29.0 Å². The molecule has 0 aliphatic heterocycles. The maximum Gasteiger partial charge on any atom is 0.161 e. The molecular formula is C16H13BrClN3. The van der Waals surface area contributed by atoms with E-state index in [0.29, 0.717) is 11.0 Å². The Bertz CT molecular complexity index is 818. The summed E-state index contributed by atoms with van der Waals surface area (Å²) >= 11 is 9.74. The number of fused-ring (bicyclic) bond motifs is 1. The van der Waals surface area contributed by atoms with Crippen LogP contribution in [0.4, 0.5) is 5.69 Å². The van der Waals surface area contributed by atoms with Gasteiger partial charge in [-0.2, -0.15) is 0 Å². The van der Waals surface area contributed by atoms with Crippen molar-refractivity contribution in [3.05, 3.63) is 52.1 Å². The summed E-state index contributed by atoms with van der Waals surface area (Å²) in [4.78, 5) is 11.1. The first-order valence-corrected chi connectivity index (χ1v) is 7.62. The Morgan fingerprint density at radius 1 is 1.05 bits per heavy atom. The van der Waals surface area contributed by atoms with Gasteiger partial charge in [-0.3, -0.25) is 0 Å². The normalized spacial score (nSPS) is 10.9. The fourth-order valence-corrected chi connectivity index (χ4v) is 2.71. The number of nitrogens with zero attached hydrogens (tertiary/aromatic N) is 3. The summed E-state index contributed by atoms with van der Waals surface area (Å²) in [5, 5.41) is 1.31. The molecule has 3 nitrogen and oxygen atoms in total. The number of halogens is 2. The van der Waals surface area contributed by atoms with Gasteiger partial charge in [-0.1, -0.05) is 39.7 Å². The first kappa shape index (κ1) is 14.3. The number of hydrogen-bond acceptors (Lipinski definition) is 3. The minimum atomic E-state index is 0.464. The molecule has 5 heteroatoms. The van der Waals surface area contributed by atoms with Crippen molar-refractivity contribution in [1.29, 1.82) is 0 Å². The maximum atomic E-state index is 6.30. The van der Waals surface area contributed by atoms with Gasteiger partial charge in [-0.25, -0.2) is 9.97 Å². The molecule has 0 amide bonds.